The Morgan fingerprint density at radius 2 is 1.79 bits per heavy atom. The van der Waals surface area contributed by atoms with Gasteiger partial charge in [-0.05, 0) is 61.7 Å². The van der Waals surface area contributed by atoms with Gasteiger partial charge in [-0.3, -0.25) is 4.79 Å². The average Bonchev–Trinajstić information content (AvgIpc) is 3.12. The zero-order chi connectivity index (χ0) is 23.4. The molecule has 168 valence electrons. The maximum Gasteiger partial charge on any atom is 0.251 e. The average molecular weight is 481 g/mol. The number of rotatable bonds is 7. The van der Waals surface area contributed by atoms with Gasteiger partial charge in [0.15, 0.2) is 5.69 Å². The zero-order valence-corrected chi connectivity index (χ0v) is 19.4. The molecule has 1 aromatic heterocycles. The first kappa shape index (κ1) is 22.8. The number of azo groups is 1. The molecule has 0 saturated heterocycles. The van der Waals surface area contributed by atoms with Crippen molar-refractivity contribution in [3.05, 3.63) is 87.9 Å². The largest absolute Gasteiger partial charge is 0.493 e. The van der Waals surface area contributed by atoms with Crippen LogP contribution in [0.15, 0.2) is 77.0 Å². The lowest BCUT2D eigenvalue weighted by Gasteiger charge is -2.14. The molecule has 1 amide bonds. The van der Waals surface area contributed by atoms with Crippen LogP contribution in [0.25, 0.3) is 10.9 Å². The fourth-order valence-electron chi connectivity index (χ4n) is 3.49. The molecule has 0 aliphatic heterocycles. The standard InChI is InChI=1S/C25H22Cl2N4O2/c1-15(7-8-16-5-3-2-4-6-16)28-24(32)17-9-11-19(12-10-17)30-31-23-20-13-18(26)14-21(27)22(20)29-25(23)33/h2-6,9-15,29,33H,7-8H2,1H3,(H,28,32)/t15-/m0/s1. The van der Waals surface area contributed by atoms with Gasteiger partial charge in [0.1, 0.15) is 0 Å². The van der Waals surface area contributed by atoms with Gasteiger partial charge >= 0.3 is 0 Å². The molecular formula is C25H22Cl2N4O2. The Balaban J connectivity index is 1.40. The number of hydrogen-bond donors (Lipinski definition) is 3. The van der Waals surface area contributed by atoms with Crippen molar-refractivity contribution in [3.8, 4) is 5.88 Å². The van der Waals surface area contributed by atoms with Gasteiger partial charge in [0, 0.05) is 22.0 Å². The minimum Gasteiger partial charge on any atom is -0.493 e. The summed E-state index contributed by atoms with van der Waals surface area (Å²) < 4.78 is 0. The van der Waals surface area contributed by atoms with Gasteiger partial charge < -0.3 is 15.4 Å². The SMILES string of the molecule is C[C@@H](CCc1ccccc1)NC(=O)c1ccc(N=Nc2c(O)[nH]c3c(Cl)cc(Cl)cc23)cc1. The summed E-state index contributed by atoms with van der Waals surface area (Å²) in [5.74, 6) is -0.295. The van der Waals surface area contributed by atoms with E-state index in [0.717, 1.165) is 12.8 Å². The van der Waals surface area contributed by atoms with Gasteiger partial charge in [-0.1, -0.05) is 53.5 Å². The topological polar surface area (TPSA) is 89.8 Å². The number of H-pyrrole nitrogens is 1. The molecular weight excluding hydrogens is 459 g/mol. The lowest BCUT2D eigenvalue weighted by molar-refractivity contribution is 0.0938. The summed E-state index contributed by atoms with van der Waals surface area (Å²) >= 11 is 12.2. The Kier molecular flexibility index (Phi) is 6.96. The van der Waals surface area contributed by atoms with E-state index in [0.29, 0.717) is 32.2 Å². The van der Waals surface area contributed by atoms with E-state index in [1.54, 1.807) is 36.4 Å². The minimum atomic E-state index is -0.154. The van der Waals surface area contributed by atoms with Crippen molar-refractivity contribution in [2.75, 3.05) is 0 Å². The van der Waals surface area contributed by atoms with Crippen LogP contribution < -0.4 is 5.32 Å². The van der Waals surface area contributed by atoms with Gasteiger partial charge in [-0.15, -0.1) is 5.11 Å². The number of aromatic amines is 1. The predicted octanol–water partition coefficient (Wildman–Crippen LogP) is 7.35. The van der Waals surface area contributed by atoms with Crippen LogP contribution in [0, 0.1) is 0 Å². The number of aromatic hydroxyl groups is 1. The van der Waals surface area contributed by atoms with Gasteiger partial charge in [0.2, 0.25) is 5.88 Å². The number of nitrogens with zero attached hydrogens (tertiary/aromatic N) is 2. The summed E-state index contributed by atoms with van der Waals surface area (Å²) in [6.45, 7) is 2.00. The summed E-state index contributed by atoms with van der Waals surface area (Å²) in [6.07, 6.45) is 1.75. The van der Waals surface area contributed by atoms with Crippen LogP contribution in [0.5, 0.6) is 5.88 Å². The van der Waals surface area contributed by atoms with E-state index >= 15 is 0 Å². The van der Waals surface area contributed by atoms with Gasteiger partial charge in [-0.2, -0.15) is 5.11 Å². The lowest BCUT2D eigenvalue weighted by Crippen LogP contribution is -2.32. The maximum atomic E-state index is 12.5. The summed E-state index contributed by atoms with van der Waals surface area (Å²) in [5, 5.41) is 22.9. The third-order valence-corrected chi connectivity index (χ3v) is 5.78. The minimum absolute atomic E-state index is 0.0422. The highest BCUT2D eigenvalue weighted by atomic mass is 35.5. The van der Waals surface area contributed by atoms with E-state index in [-0.39, 0.29) is 23.5 Å². The number of aromatic nitrogens is 1. The van der Waals surface area contributed by atoms with Crippen LogP contribution in [0.4, 0.5) is 11.4 Å². The molecule has 3 N–H and O–H groups in total. The summed E-state index contributed by atoms with van der Waals surface area (Å²) in [7, 11) is 0. The van der Waals surface area contributed by atoms with E-state index in [9.17, 15) is 9.90 Å². The molecule has 0 fully saturated rings. The van der Waals surface area contributed by atoms with Crippen molar-refractivity contribution in [2.24, 2.45) is 10.2 Å². The first-order valence-electron chi connectivity index (χ1n) is 10.5. The van der Waals surface area contributed by atoms with Gasteiger partial charge in [-0.25, -0.2) is 0 Å². The number of fused-ring (bicyclic) bond motifs is 1. The van der Waals surface area contributed by atoms with Crippen LogP contribution in [-0.4, -0.2) is 22.0 Å². The molecule has 0 unspecified atom stereocenters. The Labute approximate surface area is 201 Å². The number of halogens is 2. The maximum absolute atomic E-state index is 12.5. The van der Waals surface area contributed by atoms with Gasteiger partial charge in [0.05, 0.1) is 16.2 Å². The van der Waals surface area contributed by atoms with Crippen molar-refractivity contribution in [1.29, 1.82) is 0 Å². The lowest BCUT2D eigenvalue weighted by atomic mass is 10.1. The number of nitrogens with one attached hydrogen (secondary N) is 2. The van der Waals surface area contributed by atoms with Crippen LogP contribution >= 0.6 is 23.2 Å². The number of carbonyl (C=O) groups is 1. The highest BCUT2D eigenvalue weighted by Gasteiger charge is 2.14. The molecule has 4 rings (SSSR count). The molecule has 1 atom stereocenters. The first-order valence-corrected chi connectivity index (χ1v) is 11.2. The summed E-state index contributed by atoms with van der Waals surface area (Å²) in [4.78, 5) is 15.3. The Bertz CT molecular complexity index is 1300. The van der Waals surface area contributed by atoms with Crippen molar-refractivity contribution in [3.63, 3.8) is 0 Å². The number of amides is 1. The Morgan fingerprint density at radius 1 is 1.06 bits per heavy atom. The molecule has 8 heteroatoms. The quantitative estimate of drug-likeness (QED) is 0.241. The molecule has 0 aliphatic carbocycles. The van der Waals surface area contributed by atoms with Crippen LogP contribution in [0.1, 0.15) is 29.3 Å². The fraction of sp³-hybridized carbons (Fsp3) is 0.160. The molecule has 33 heavy (non-hydrogen) atoms. The summed E-state index contributed by atoms with van der Waals surface area (Å²) in [6, 6.07) is 20.2. The second-order valence-electron chi connectivity index (χ2n) is 7.78. The Hall–Kier alpha value is -3.35. The third kappa shape index (κ3) is 5.53. The third-order valence-electron chi connectivity index (χ3n) is 5.26. The fourth-order valence-corrected chi connectivity index (χ4v) is 4.03. The molecule has 0 saturated carbocycles. The van der Waals surface area contributed by atoms with Crippen LogP contribution in [0.3, 0.4) is 0 Å². The monoisotopic (exact) mass is 480 g/mol. The molecule has 3 aromatic carbocycles. The van der Waals surface area contributed by atoms with E-state index < -0.39 is 0 Å². The molecule has 0 bridgehead atoms. The van der Waals surface area contributed by atoms with Crippen molar-refractivity contribution >= 4 is 51.4 Å². The van der Waals surface area contributed by atoms with Gasteiger partial charge in [0.25, 0.3) is 5.91 Å². The van der Waals surface area contributed by atoms with Crippen LogP contribution in [0.2, 0.25) is 10.0 Å². The second kappa shape index (κ2) is 10.1. The van der Waals surface area contributed by atoms with E-state index in [1.165, 1.54) is 5.56 Å². The van der Waals surface area contributed by atoms with E-state index in [1.807, 2.05) is 25.1 Å². The molecule has 6 nitrogen and oxygen atoms in total. The normalized spacial score (nSPS) is 12.3. The Morgan fingerprint density at radius 3 is 2.52 bits per heavy atom. The first-order chi connectivity index (χ1) is 15.9. The number of hydrogen-bond acceptors (Lipinski definition) is 4. The van der Waals surface area contributed by atoms with E-state index in [2.05, 4.69) is 32.7 Å². The number of benzene rings is 3. The van der Waals surface area contributed by atoms with Crippen molar-refractivity contribution < 1.29 is 9.90 Å². The number of aryl methyl sites for hydroxylation is 1. The predicted molar refractivity (Wildman–Crippen MR) is 132 cm³/mol. The van der Waals surface area contributed by atoms with Crippen molar-refractivity contribution in [2.45, 2.75) is 25.8 Å². The smallest absolute Gasteiger partial charge is 0.251 e. The van der Waals surface area contributed by atoms with E-state index in [4.69, 9.17) is 23.2 Å². The molecule has 0 radical (unpaired) electrons. The highest BCUT2D eigenvalue weighted by molar-refractivity contribution is 6.38. The molecule has 0 aliphatic rings. The zero-order valence-electron chi connectivity index (χ0n) is 17.8. The highest BCUT2D eigenvalue weighted by Crippen LogP contribution is 2.40. The van der Waals surface area contributed by atoms with Crippen LogP contribution in [-0.2, 0) is 6.42 Å². The summed E-state index contributed by atoms with van der Waals surface area (Å²) in [5.41, 5.74) is 3.09. The molecule has 0 spiro atoms. The second-order valence-corrected chi connectivity index (χ2v) is 8.62. The van der Waals surface area contributed by atoms with Crippen molar-refractivity contribution in [1.82, 2.24) is 10.3 Å². The molecule has 1 heterocycles. The molecule has 4 aromatic rings. The number of carbonyl (C=O) groups excluding carboxylic acids is 1.